The maximum Gasteiger partial charge on any atom is 0.124 e. The van der Waals surface area contributed by atoms with Crippen molar-refractivity contribution in [2.24, 2.45) is 0 Å². The molecule has 2 aromatic carbocycles. The Balaban J connectivity index is 1.96. The molecule has 0 spiro atoms. The van der Waals surface area contributed by atoms with E-state index < -0.39 is 0 Å². The lowest BCUT2D eigenvalue weighted by atomic mass is 10.1. The fourth-order valence-electron chi connectivity index (χ4n) is 2.09. The molecule has 0 aliphatic rings. The summed E-state index contributed by atoms with van der Waals surface area (Å²) in [5.41, 5.74) is 2.21. The Morgan fingerprint density at radius 2 is 1.48 bits per heavy atom. The van der Waals surface area contributed by atoms with Crippen LogP contribution in [0.15, 0.2) is 42.5 Å². The number of rotatable bonds is 7. The second-order valence-electron chi connectivity index (χ2n) is 4.63. The molecule has 0 atom stereocenters. The van der Waals surface area contributed by atoms with Crippen LogP contribution in [0.2, 0.25) is 0 Å². The molecular formula is C17H21NO3. The number of ether oxygens (including phenoxy) is 3. The number of anilines is 1. The predicted octanol–water partition coefficient (Wildman–Crippen LogP) is 3.37. The number of benzene rings is 2. The number of hydrogen-bond donors (Lipinski definition) is 1. The highest BCUT2D eigenvalue weighted by Gasteiger charge is 2.02. The van der Waals surface area contributed by atoms with E-state index in [1.54, 1.807) is 21.3 Å². The molecule has 0 saturated heterocycles. The van der Waals surface area contributed by atoms with Gasteiger partial charge in [-0.1, -0.05) is 12.1 Å². The first-order valence-electron chi connectivity index (χ1n) is 6.85. The van der Waals surface area contributed by atoms with E-state index in [1.165, 1.54) is 5.56 Å². The summed E-state index contributed by atoms with van der Waals surface area (Å²) in [4.78, 5) is 0. The van der Waals surface area contributed by atoms with Gasteiger partial charge in [0.2, 0.25) is 0 Å². The lowest BCUT2D eigenvalue weighted by Gasteiger charge is -2.11. The molecule has 0 amide bonds. The van der Waals surface area contributed by atoms with Gasteiger partial charge in [-0.05, 0) is 24.1 Å². The van der Waals surface area contributed by atoms with Crippen LogP contribution in [0.1, 0.15) is 5.56 Å². The molecule has 2 rings (SSSR count). The summed E-state index contributed by atoms with van der Waals surface area (Å²) in [6.45, 7) is 0.823. The summed E-state index contributed by atoms with van der Waals surface area (Å²) in [5.74, 6) is 2.44. The molecule has 4 nitrogen and oxygen atoms in total. The molecule has 0 aromatic heterocycles. The second-order valence-corrected chi connectivity index (χ2v) is 4.63. The summed E-state index contributed by atoms with van der Waals surface area (Å²) in [5, 5.41) is 3.38. The van der Waals surface area contributed by atoms with Crippen LogP contribution in [0.4, 0.5) is 5.69 Å². The largest absolute Gasteiger partial charge is 0.497 e. The van der Waals surface area contributed by atoms with Gasteiger partial charge >= 0.3 is 0 Å². The normalized spacial score (nSPS) is 10.0. The summed E-state index contributed by atoms with van der Waals surface area (Å²) in [6.07, 6.45) is 0.913. The standard InChI is InChI=1S/C17H21NO3/c1-19-15-6-4-5-13(9-15)7-8-18-14-10-16(20-2)12-17(11-14)21-3/h4-6,9-12,18H,7-8H2,1-3H3. The molecule has 0 heterocycles. The third kappa shape index (κ3) is 4.31. The van der Waals surface area contributed by atoms with Crippen LogP contribution in [0.5, 0.6) is 17.2 Å². The minimum absolute atomic E-state index is 0.776. The van der Waals surface area contributed by atoms with Crippen LogP contribution in [-0.2, 0) is 6.42 Å². The number of methoxy groups -OCH3 is 3. The Morgan fingerprint density at radius 3 is 2.10 bits per heavy atom. The van der Waals surface area contributed by atoms with Gasteiger partial charge in [0.25, 0.3) is 0 Å². The maximum absolute atomic E-state index is 5.26. The van der Waals surface area contributed by atoms with Crippen LogP contribution in [-0.4, -0.2) is 27.9 Å². The van der Waals surface area contributed by atoms with Crippen LogP contribution in [0.3, 0.4) is 0 Å². The molecule has 0 unspecified atom stereocenters. The van der Waals surface area contributed by atoms with Crippen LogP contribution in [0, 0.1) is 0 Å². The van der Waals surface area contributed by atoms with Crippen molar-refractivity contribution in [3.8, 4) is 17.2 Å². The minimum Gasteiger partial charge on any atom is -0.497 e. The zero-order valence-electron chi connectivity index (χ0n) is 12.7. The Morgan fingerprint density at radius 1 is 0.810 bits per heavy atom. The SMILES string of the molecule is COc1cccc(CCNc2cc(OC)cc(OC)c2)c1. The maximum atomic E-state index is 5.26. The molecule has 0 aliphatic carbocycles. The zero-order valence-corrected chi connectivity index (χ0v) is 12.7. The van der Waals surface area contributed by atoms with Gasteiger partial charge in [-0.3, -0.25) is 0 Å². The van der Waals surface area contributed by atoms with Crippen molar-refractivity contribution in [1.29, 1.82) is 0 Å². The average Bonchev–Trinajstić information content (AvgIpc) is 2.54. The first-order chi connectivity index (χ1) is 10.2. The van der Waals surface area contributed by atoms with E-state index in [0.717, 1.165) is 35.9 Å². The Hall–Kier alpha value is -2.36. The van der Waals surface area contributed by atoms with Crippen LogP contribution in [0.25, 0.3) is 0 Å². The fraction of sp³-hybridized carbons (Fsp3) is 0.294. The first kappa shape index (κ1) is 15.0. The van der Waals surface area contributed by atoms with Gasteiger partial charge in [-0.25, -0.2) is 0 Å². The van der Waals surface area contributed by atoms with E-state index in [2.05, 4.69) is 11.4 Å². The third-order valence-corrected chi connectivity index (χ3v) is 3.23. The van der Waals surface area contributed by atoms with Crippen molar-refractivity contribution in [2.75, 3.05) is 33.2 Å². The number of nitrogens with one attached hydrogen (secondary N) is 1. The van der Waals surface area contributed by atoms with E-state index in [0.29, 0.717) is 0 Å². The highest BCUT2D eigenvalue weighted by atomic mass is 16.5. The number of hydrogen-bond acceptors (Lipinski definition) is 4. The molecule has 112 valence electrons. The van der Waals surface area contributed by atoms with Crippen molar-refractivity contribution < 1.29 is 14.2 Å². The molecule has 2 aromatic rings. The Kier molecular flexibility index (Phi) is 5.32. The summed E-state index contributed by atoms with van der Waals surface area (Å²) in [6, 6.07) is 13.9. The Labute approximate surface area is 125 Å². The quantitative estimate of drug-likeness (QED) is 0.847. The second kappa shape index (κ2) is 7.43. The smallest absolute Gasteiger partial charge is 0.124 e. The molecular weight excluding hydrogens is 266 g/mol. The van der Waals surface area contributed by atoms with E-state index in [1.807, 2.05) is 36.4 Å². The summed E-state index contributed by atoms with van der Waals surface area (Å²) < 4.78 is 15.7. The van der Waals surface area contributed by atoms with Crippen molar-refractivity contribution in [3.63, 3.8) is 0 Å². The Bertz CT molecular complexity index is 562. The molecule has 4 heteroatoms. The highest BCUT2D eigenvalue weighted by molar-refractivity contribution is 5.53. The van der Waals surface area contributed by atoms with E-state index >= 15 is 0 Å². The third-order valence-electron chi connectivity index (χ3n) is 3.23. The molecule has 1 N–H and O–H groups in total. The molecule has 0 saturated carbocycles. The topological polar surface area (TPSA) is 39.7 Å². The molecule has 0 bridgehead atoms. The fourth-order valence-corrected chi connectivity index (χ4v) is 2.09. The lowest BCUT2D eigenvalue weighted by molar-refractivity contribution is 0.394. The van der Waals surface area contributed by atoms with Gasteiger partial charge in [-0.2, -0.15) is 0 Å². The van der Waals surface area contributed by atoms with Gasteiger partial charge in [-0.15, -0.1) is 0 Å². The molecule has 0 fully saturated rings. The van der Waals surface area contributed by atoms with Crippen LogP contribution >= 0.6 is 0 Å². The molecule has 0 aliphatic heterocycles. The monoisotopic (exact) mass is 287 g/mol. The average molecular weight is 287 g/mol. The van der Waals surface area contributed by atoms with Gasteiger partial charge in [0.15, 0.2) is 0 Å². The predicted molar refractivity (Wildman–Crippen MR) is 84.7 cm³/mol. The van der Waals surface area contributed by atoms with Gasteiger partial charge < -0.3 is 19.5 Å². The van der Waals surface area contributed by atoms with Crippen molar-refractivity contribution >= 4 is 5.69 Å². The van der Waals surface area contributed by atoms with E-state index in [4.69, 9.17) is 14.2 Å². The molecule has 21 heavy (non-hydrogen) atoms. The van der Waals surface area contributed by atoms with Gasteiger partial charge in [0, 0.05) is 30.4 Å². The van der Waals surface area contributed by atoms with Crippen molar-refractivity contribution in [1.82, 2.24) is 0 Å². The summed E-state index contributed by atoms with van der Waals surface area (Å²) in [7, 11) is 4.98. The minimum atomic E-state index is 0.776. The summed E-state index contributed by atoms with van der Waals surface area (Å²) >= 11 is 0. The first-order valence-corrected chi connectivity index (χ1v) is 6.85. The molecule has 0 radical (unpaired) electrons. The van der Waals surface area contributed by atoms with Crippen molar-refractivity contribution in [2.45, 2.75) is 6.42 Å². The van der Waals surface area contributed by atoms with E-state index in [9.17, 15) is 0 Å². The van der Waals surface area contributed by atoms with Gasteiger partial charge in [0.1, 0.15) is 17.2 Å². The van der Waals surface area contributed by atoms with Crippen molar-refractivity contribution in [3.05, 3.63) is 48.0 Å². The van der Waals surface area contributed by atoms with Gasteiger partial charge in [0.05, 0.1) is 21.3 Å². The van der Waals surface area contributed by atoms with E-state index in [-0.39, 0.29) is 0 Å². The lowest BCUT2D eigenvalue weighted by Crippen LogP contribution is -2.05. The van der Waals surface area contributed by atoms with Crippen LogP contribution < -0.4 is 19.5 Å². The zero-order chi connectivity index (χ0) is 15.1. The highest BCUT2D eigenvalue weighted by Crippen LogP contribution is 2.25.